The zero-order valence-electron chi connectivity index (χ0n) is 14.3. The topological polar surface area (TPSA) is 46.3 Å². The van der Waals surface area contributed by atoms with Crippen LogP contribution >= 0.6 is 0 Å². The van der Waals surface area contributed by atoms with Gasteiger partial charge in [-0.05, 0) is 36.6 Å². The van der Waals surface area contributed by atoms with Crippen molar-refractivity contribution in [3.63, 3.8) is 0 Å². The first kappa shape index (κ1) is 14.9. The zero-order chi connectivity index (χ0) is 17.7. The summed E-state index contributed by atoms with van der Waals surface area (Å²) in [6.07, 6.45) is 0. The number of aromatic nitrogens is 1. The maximum absolute atomic E-state index is 12.9. The molecule has 0 atom stereocenters. The monoisotopic (exact) mass is 340 g/mol. The summed E-state index contributed by atoms with van der Waals surface area (Å²) in [7, 11) is 0. The van der Waals surface area contributed by atoms with Gasteiger partial charge in [-0.1, -0.05) is 42.5 Å². The Balaban J connectivity index is 1.55. The van der Waals surface area contributed by atoms with Crippen LogP contribution in [0.25, 0.3) is 22.2 Å². The molecule has 1 aromatic heterocycles. The lowest BCUT2D eigenvalue weighted by atomic mass is 10.1. The van der Waals surface area contributed by atoms with E-state index >= 15 is 0 Å². The number of carbonyl (C=O) groups is 1. The molecule has 4 aromatic rings. The van der Waals surface area contributed by atoms with Crippen molar-refractivity contribution in [2.75, 3.05) is 4.90 Å². The van der Waals surface area contributed by atoms with E-state index in [1.807, 2.05) is 73.7 Å². The van der Waals surface area contributed by atoms with Crippen LogP contribution < -0.4 is 4.90 Å². The second-order valence-corrected chi connectivity index (χ2v) is 6.46. The van der Waals surface area contributed by atoms with E-state index in [1.54, 1.807) is 4.90 Å². The van der Waals surface area contributed by atoms with Crippen molar-refractivity contribution < 1.29 is 9.21 Å². The van der Waals surface area contributed by atoms with Gasteiger partial charge in [0.05, 0.1) is 12.2 Å². The van der Waals surface area contributed by atoms with Gasteiger partial charge in [0.2, 0.25) is 5.89 Å². The molecule has 0 saturated carbocycles. The number of carbonyl (C=O) groups excluding carboxylic acids is 1. The first-order valence-electron chi connectivity index (χ1n) is 8.58. The summed E-state index contributed by atoms with van der Waals surface area (Å²) in [6, 6.07) is 21.7. The predicted octanol–water partition coefficient (Wildman–Crippen LogP) is 4.96. The predicted molar refractivity (Wildman–Crippen MR) is 101 cm³/mol. The highest BCUT2D eigenvalue weighted by Crippen LogP contribution is 2.38. The Morgan fingerprint density at radius 1 is 0.962 bits per heavy atom. The highest BCUT2D eigenvalue weighted by molar-refractivity contribution is 6.24. The largest absolute Gasteiger partial charge is 0.441 e. The van der Waals surface area contributed by atoms with E-state index in [4.69, 9.17) is 4.42 Å². The van der Waals surface area contributed by atoms with Crippen LogP contribution in [0.1, 0.15) is 21.8 Å². The van der Waals surface area contributed by atoms with Crippen molar-refractivity contribution in [3.8, 4) is 11.5 Å². The van der Waals surface area contributed by atoms with Gasteiger partial charge in [-0.2, -0.15) is 0 Å². The van der Waals surface area contributed by atoms with Crippen molar-refractivity contribution in [1.29, 1.82) is 0 Å². The van der Waals surface area contributed by atoms with Crippen LogP contribution in [0.2, 0.25) is 0 Å². The number of aryl methyl sites for hydroxylation is 1. The molecule has 0 bridgehead atoms. The third kappa shape index (κ3) is 2.15. The minimum Gasteiger partial charge on any atom is -0.441 e. The summed E-state index contributed by atoms with van der Waals surface area (Å²) in [5.74, 6) is 1.33. The smallest absolute Gasteiger partial charge is 0.259 e. The third-order valence-corrected chi connectivity index (χ3v) is 4.87. The molecule has 0 unspecified atom stereocenters. The molecule has 0 spiro atoms. The summed E-state index contributed by atoms with van der Waals surface area (Å²) in [5, 5.41) is 2.10. The molecule has 1 aliphatic heterocycles. The lowest BCUT2D eigenvalue weighted by Gasteiger charge is -2.16. The molecule has 126 valence electrons. The van der Waals surface area contributed by atoms with Gasteiger partial charge in [0, 0.05) is 16.5 Å². The standard InChI is InChI=1S/C22H16N2O2/c1-14-18(23-21(26-14)16-7-3-2-4-8-16)13-24-19-12-6-10-15-9-5-11-17(20(15)19)22(24)25/h2-12H,13H2,1H3. The van der Waals surface area contributed by atoms with Crippen LogP contribution in [-0.2, 0) is 6.54 Å². The van der Waals surface area contributed by atoms with E-state index in [-0.39, 0.29) is 5.91 Å². The first-order valence-corrected chi connectivity index (χ1v) is 8.58. The Morgan fingerprint density at radius 2 is 1.73 bits per heavy atom. The van der Waals surface area contributed by atoms with Gasteiger partial charge < -0.3 is 9.32 Å². The van der Waals surface area contributed by atoms with Gasteiger partial charge in [-0.3, -0.25) is 4.79 Å². The molecule has 1 amide bonds. The fraction of sp³-hybridized carbons (Fsp3) is 0.0909. The fourth-order valence-electron chi connectivity index (χ4n) is 3.56. The minimum absolute atomic E-state index is 0.0143. The highest BCUT2D eigenvalue weighted by Gasteiger charge is 2.30. The van der Waals surface area contributed by atoms with Crippen molar-refractivity contribution in [3.05, 3.63) is 83.7 Å². The minimum atomic E-state index is 0.0143. The Bertz CT molecular complexity index is 1140. The van der Waals surface area contributed by atoms with Crippen LogP contribution in [-0.4, -0.2) is 10.9 Å². The van der Waals surface area contributed by atoms with E-state index < -0.39 is 0 Å². The van der Waals surface area contributed by atoms with E-state index in [0.717, 1.165) is 39.0 Å². The number of hydrogen-bond acceptors (Lipinski definition) is 3. The number of nitrogens with zero attached hydrogens (tertiary/aromatic N) is 2. The van der Waals surface area contributed by atoms with Gasteiger partial charge in [-0.25, -0.2) is 4.98 Å². The lowest BCUT2D eigenvalue weighted by Crippen LogP contribution is -2.26. The molecular formula is C22H16N2O2. The number of rotatable bonds is 3. The Labute approximate surface area is 150 Å². The second kappa shape index (κ2) is 5.56. The summed E-state index contributed by atoms with van der Waals surface area (Å²) < 4.78 is 5.85. The molecule has 0 aliphatic carbocycles. The second-order valence-electron chi connectivity index (χ2n) is 6.46. The van der Waals surface area contributed by atoms with Gasteiger partial charge in [0.15, 0.2) is 0 Å². The fourth-order valence-corrected chi connectivity index (χ4v) is 3.56. The molecule has 5 rings (SSSR count). The summed E-state index contributed by atoms with van der Waals surface area (Å²) >= 11 is 0. The maximum Gasteiger partial charge on any atom is 0.259 e. The average Bonchev–Trinajstić information content (AvgIpc) is 3.18. The summed E-state index contributed by atoms with van der Waals surface area (Å²) in [4.78, 5) is 19.4. The van der Waals surface area contributed by atoms with Crippen LogP contribution in [0.4, 0.5) is 5.69 Å². The number of anilines is 1. The van der Waals surface area contributed by atoms with Crippen molar-refractivity contribution in [2.24, 2.45) is 0 Å². The molecular weight excluding hydrogens is 324 g/mol. The van der Waals surface area contributed by atoms with Gasteiger partial charge >= 0.3 is 0 Å². The van der Waals surface area contributed by atoms with Crippen LogP contribution in [0.5, 0.6) is 0 Å². The SMILES string of the molecule is Cc1oc(-c2ccccc2)nc1CN1C(=O)c2cccc3cccc1c23. The maximum atomic E-state index is 12.9. The van der Waals surface area contributed by atoms with Crippen LogP contribution in [0.3, 0.4) is 0 Å². The van der Waals surface area contributed by atoms with E-state index in [0.29, 0.717) is 12.4 Å². The molecule has 4 nitrogen and oxygen atoms in total. The number of amides is 1. The Kier molecular flexibility index (Phi) is 3.19. The van der Waals surface area contributed by atoms with E-state index in [2.05, 4.69) is 4.98 Å². The molecule has 4 heteroatoms. The van der Waals surface area contributed by atoms with E-state index in [9.17, 15) is 4.79 Å². The van der Waals surface area contributed by atoms with Gasteiger partial charge in [0.1, 0.15) is 11.5 Å². The highest BCUT2D eigenvalue weighted by atomic mass is 16.4. The van der Waals surface area contributed by atoms with Gasteiger partial charge in [0.25, 0.3) is 5.91 Å². The van der Waals surface area contributed by atoms with Crippen molar-refractivity contribution in [1.82, 2.24) is 4.98 Å². The quantitative estimate of drug-likeness (QED) is 0.529. The Morgan fingerprint density at radius 3 is 2.54 bits per heavy atom. The normalized spacial score (nSPS) is 13.0. The molecule has 0 N–H and O–H groups in total. The molecule has 3 aromatic carbocycles. The van der Waals surface area contributed by atoms with Crippen molar-refractivity contribution >= 4 is 22.4 Å². The Hall–Kier alpha value is -3.40. The molecule has 0 radical (unpaired) electrons. The molecule has 26 heavy (non-hydrogen) atoms. The van der Waals surface area contributed by atoms with E-state index in [1.165, 1.54) is 0 Å². The number of hydrogen-bond donors (Lipinski definition) is 0. The molecule has 0 saturated heterocycles. The molecule has 1 aliphatic rings. The van der Waals surface area contributed by atoms with Gasteiger partial charge in [-0.15, -0.1) is 0 Å². The number of benzene rings is 3. The van der Waals surface area contributed by atoms with Crippen LogP contribution in [0, 0.1) is 6.92 Å². The first-order chi connectivity index (χ1) is 12.7. The van der Waals surface area contributed by atoms with Crippen molar-refractivity contribution in [2.45, 2.75) is 13.5 Å². The molecule has 0 fully saturated rings. The third-order valence-electron chi connectivity index (χ3n) is 4.87. The summed E-state index contributed by atoms with van der Waals surface area (Å²) in [5.41, 5.74) is 3.40. The lowest BCUT2D eigenvalue weighted by molar-refractivity contribution is 0.0991. The molecule has 2 heterocycles. The summed E-state index contributed by atoms with van der Waals surface area (Å²) in [6.45, 7) is 2.29. The number of oxazole rings is 1. The van der Waals surface area contributed by atoms with Crippen LogP contribution in [0.15, 0.2) is 71.1 Å². The average molecular weight is 340 g/mol. The zero-order valence-corrected chi connectivity index (χ0v) is 14.3.